The average molecular weight is 424 g/mol. The Morgan fingerprint density at radius 3 is 2.39 bits per heavy atom. The monoisotopic (exact) mass is 424 g/mol. The number of methoxy groups -OCH3 is 1. The van der Waals surface area contributed by atoms with Crippen molar-refractivity contribution in [2.45, 2.75) is 6.42 Å². The first-order chi connectivity index (χ1) is 11.0. The second-order valence-electron chi connectivity index (χ2n) is 4.85. The van der Waals surface area contributed by atoms with E-state index in [0.29, 0.717) is 17.7 Å². The van der Waals surface area contributed by atoms with Crippen LogP contribution < -0.4 is 15.4 Å². The standard InChI is InChI=1S/C17H17IN2O3/c1-19-16(21)9-11-3-6-13(7-4-11)20-17(22)12-5-8-15(23-2)14(18)10-12/h3-8,10H,9H2,1-2H3,(H,19,21)(H,20,22). The predicted octanol–water partition coefficient (Wildman–Crippen LogP) is 2.84. The summed E-state index contributed by atoms with van der Waals surface area (Å²) in [6.07, 6.45) is 0.321. The van der Waals surface area contributed by atoms with E-state index in [2.05, 4.69) is 33.2 Å². The smallest absolute Gasteiger partial charge is 0.255 e. The minimum Gasteiger partial charge on any atom is -0.496 e. The Morgan fingerprint density at radius 1 is 1.13 bits per heavy atom. The summed E-state index contributed by atoms with van der Waals surface area (Å²) < 4.78 is 6.05. The van der Waals surface area contributed by atoms with E-state index in [1.165, 1.54) is 0 Å². The molecule has 2 rings (SSSR count). The Kier molecular flexibility index (Phi) is 5.97. The maximum absolute atomic E-state index is 12.3. The predicted molar refractivity (Wildman–Crippen MR) is 97.9 cm³/mol. The largest absolute Gasteiger partial charge is 0.496 e. The fourth-order valence-corrected chi connectivity index (χ4v) is 2.73. The third-order valence-electron chi connectivity index (χ3n) is 3.27. The minimum absolute atomic E-state index is 0.0467. The number of carbonyl (C=O) groups excluding carboxylic acids is 2. The lowest BCUT2D eigenvalue weighted by molar-refractivity contribution is -0.119. The molecule has 0 aliphatic heterocycles. The molecule has 0 aliphatic carbocycles. The van der Waals surface area contributed by atoms with Crippen molar-refractivity contribution in [1.82, 2.24) is 5.32 Å². The first-order valence-electron chi connectivity index (χ1n) is 6.98. The first kappa shape index (κ1) is 17.3. The molecule has 2 amide bonds. The van der Waals surface area contributed by atoms with Gasteiger partial charge in [-0.2, -0.15) is 0 Å². The van der Waals surface area contributed by atoms with Gasteiger partial charge >= 0.3 is 0 Å². The molecule has 0 fully saturated rings. The van der Waals surface area contributed by atoms with Crippen molar-refractivity contribution in [2.75, 3.05) is 19.5 Å². The van der Waals surface area contributed by atoms with Gasteiger partial charge in [-0.15, -0.1) is 0 Å². The van der Waals surface area contributed by atoms with Gasteiger partial charge in [0.1, 0.15) is 5.75 Å². The molecule has 0 bridgehead atoms. The molecular weight excluding hydrogens is 407 g/mol. The molecule has 0 saturated carbocycles. The van der Waals surface area contributed by atoms with E-state index < -0.39 is 0 Å². The Hall–Kier alpha value is -2.09. The molecule has 2 N–H and O–H groups in total. The molecule has 5 nitrogen and oxygen atoms in total. The number of benzene rings is 2. The summed E-state index contributed by atoms with van der Waals surface area (Å²) in [5.41, 5.74) is 2.13. The van der Waals surface area contributed by atoms with Crippen molar-refractivity contribution in [3.05, 3.63) is 57.2 Å². The molecule has 0 heterocycles. The van der Waals surface area contributed by atoms with Crippen LogP contribution in [0.3, 0.4) is 0 Å². The number of carbonyl (C=O) groups is 2. The average Bonchev–Trinajstić information content (AvgIpc) is 2.56. The zero-order valence-electron chi connectivity index (χ0n) is 12.9. The van der Waals surface area contributed by atoms with Crippen LogP contribution in [-0.4, -0.2) is 26.0 Å². The van der Waals surface area contributed by atoms with Gasteiger partial charge in [0.25, 0.3) is 5.91 Å². The lowest BCUT2D eigenvalue weighted by atomic mass is 10.1. The Morgan fingerprint density at radius 2 is 1.83 bits per heavy atom. The molecule has 0 aromatic heterocycles. The zero-order chi connectivity index (χ0) is 16.8. The van der Waals surface area contributed by atoms with Gasteiger partial charge in [-0.25, -0.2) is 0 Å². The van der Waals surface area contributed by atoms with Crippen LogP contribution in [0.4, 0.5) is 5.69 Å². The maximum Gasteiger partial charge on any atom is 0.255 e. The number of halogens is 1. The van der Waals surface area contributed by atoms with E-state index in [-0.39, 0.29) is 11.8 Å². The van der Waals surface area contributed by atoms with Crippen LogP contribution in [0, 0.1) is 3.57 Å². The second kappa shape index (κ2) is 7.96. The van der Waals surface area contributed by atoms with Gasteiger partial charge in [-0.05, 0) is 58.5 Å². The van der Waals surface area contributed by atoms with Crippen LogP contribution in [0.15, 0.2) is 42.5 Å². The lowest BCUT2D eigenvalue weighted by Gasteiger charge is -2.08. The number of hydrogen-bond donors (Lipinski definition) is 2. The summed E-state index contributed by atoms with van der Waals surface area (Å²) in [4.78, 5) is 23.6. The molecule has 0 spiro atoms. The number of likely N-dealkylation sites (N-methyl/N-ethyl adjacent to an activating group) is 1. The van der Waals surface area contributed by atoms with Gasteiger partial charge in [0.15, 0.2) is 0 Å². The molecular formula is C17H17IN2O3. The molecule has 2 aromatic rings. The molecule has 0 radical (unpaired) electrons. The lowest BCUT2D eigenvalue weighted by Crippen LogP contribution is -2.19. The van der Waals surface area contributed by atoms with E-state index >= 15 is 0 Å². The maximum atomic E-state index is 12.3. The van der Waals surface area contributed by atoms with Crippen molar-refractivity contribution in [2.24, 2.45) is 0 Å². The fraction of sp³-hybridized carbons (Fsp3) is 0.176. The molecule has 0 unspecified atom stereocenters. The van der Waals surface area contributed by atoms with Gasteiger partial charge in [-0.3, -0.25) is 9.59 Å². The third-order valence-corrected chi connectivity index (χ3v) is 4.11. The summed E-state index contributed by atoms with van der Waals surface area (Å²) in [5.74, 6) is 0.500. The summed E-state index contributed by atoms with van der Waals surface area (Å²) in [7, 11) is 3.20. The quantitative estimate of drug-likeness (QED) is 0.726. The van der Waals surface area contributed by atoms with Crippen molar-refractivity contribution < 1.29 is 14.3 Å². The Balaban J connectivity index is 2.05. The third kappa shape index (κ3) is 4.69. The molecule has 0 atom stereocenters. The van der Waals surface area contributed by atoms with Crippen LogP contribution in [-0.2, 0) is 11.2 Å². The summed E-state index contributed by atoms with van der Waals surface area (Å²) >= 11 is 2.13. The first-order valence-corrected chi connectivity index (χ1v) is 8.05. The fourth-order valence-electron chi connectivity index (χ4n) is 1.99. The van der Waals surface area contributed by atoms with Gasteiger partial charge in [-0.1, -0.05) is 12.1 Å². The normalized spacial score (nSPS) is 10.0. The molecule has 0 aliphatic rings. The molecule has 120 valence electrons. The summed E-state index contributed by atoms with van der Waals surface area (Å²) in [6, 6.07) is 12.5. The summed E-state index contributed by atoms with van der Waals surface area (Å²) in [5, 5.41) is 5.41. The van der Waals surface area contributed by atoms with E-state index in [1.807, 2.05) is 12.1 Å². The van der Waals surface area contributed by atoms with E-state index in [9.17, 15) is 9.59 Å². The van der Waals surface area contributed by atoms with Crippen LogP contribution in [0.1, 0.15) is 15.9 Å². The molecule has 0 saturated heterocycles. The highest BCUT2D eigenvalue weighted by Crippen LogP contribution is 2.22. The Bertz CT molecular complexity index is 714. The van der Waals surface area contributed by atoms with Gasteiger partial charge in [0, 0.05) is 18.3 Å². The molecule has 6 heteroatoms. The van der Waals surface area contributed by atoms with E-state index in [0.717, 1.165) is 14.9 Å². The molecule has 2 aromatic carbocycles. The zero-order valence-corrected chi connectivity index (χ0v) is 15.0. The number of hydrogen-bond acceptors (Lipinski definition) is 3. The number of amides is 2. The molecule has 23 heavy (non-hydrogen) atoms. The van der Waals surface area contributed by atoms with Crippen molar-refractivity contribution in [3.63, 3.8) is 0 Å². The van der Waals surface area contributed by atoms with E-state index in [1.54, 1.807) is 44.5 Å². The van der Waals surface area contributed by atoms with Crippen LogP contribution in [0.2, 0.25) is 0 Å². The van der Waals surface area contributed by atoms with Crippen LogP contribution in [0.25, 0.3) is 0 Å². The van der Waals surface area contributed by atoms with Crippen molar-refractivity contribution in [1.29, 1.82) is 0 Å². The minimum atomic E-state index is -0.190. The van der Waals surface area contributed by atoms with Crippen molar-refractivity contribution >= 4 is 40.1 Å². The van der Waals surface area contributed by atoms with Gasteiger partial charge in [0.05, 0.1) is 17.1 Å². The second-order valence-corrected chi connectivity index (χ2v) is 6.01. The highest BCUT2D eigenvalue weighted by Gasteiger charge is 2.09. The SMILES string of the molecule is CNC(=O)Cc1ccc(NC(=O)c2ccc(OC)c(I)c2)cc1. The van der Waals surface area contributed by atoms with Gasteiger partial charge in [0.2, 0.25) is 5.91 Å². The van der Waals surface area contributed by atoms with E-state index in [4.69, 9.17) is 4.74 Å². The number of ether oxygens (including phenoxy) is 1. The van der Waals surface area contributed by atoms with Crippen molar-refractivity contribution in [3.8, 4) is 5.75 Å². The number of nitrogens with one attached hydrogen (secondary N) is 2. The highest BCUT2D eigenvalue weighted by molar-refractivity contribution is 14.1. The highest BCUT2D eigenvalue weighted by atomic mass is 127. The topological polar surface area (TPSA) is 67.4 Å². The van der Waals surface area contributed by atoms with Gasteiger partial charge < -0.3 is 15.4 Å². The Labute approximate surface area is 148 Å². The number of anilines is 1. The van der Waals surface area contributed by atoms with Crippen LogP contribution in [0.5, 0.6) is 5.75 Å². The summed E-state index contributed by atoms with van der Waals surface area (Å²) in [6.45, 7) is 0. The van der Waals surface area contributed by atoms with Crippen LogP contribution >= 0.6 is 22.6 Å². The number of rotatable bonds is 5.